The van der Waals surface area contributed by atoms with Gasteiger partial charge in [-0.25, -0.2) is 0 Å². The highest BCUT2D eigenvalue weighted by molar-refractivity contribution is 5.54. The molecule has 3 atom stereocenters. The van der Waals surface area contributed by atoms with E-state index in [9.17, 15) is 5.11 Å². The van der Waals surface area contributed by atoms with Crippen LogP contribution in [0.5, 0.6) is 0 Å². The zero-order valence-corrected chi connectivity index (χ0v) is 12.5. The average Bonchev–Trinajstić information content (AvgIpc) is 2.71. The third-order valence-electron chi connectivity index (χ3n) is 5.08. The van der Waals surface area contributed by atoms with E-state index >= 15 is 0 Å². The monoisotopic (exact) mass is 287 g/mol. The highest BCUT2D eigenvalue weighted by Gasteiger charge is 2.55. The van der Waals surface area contributed by atoms with Gasteiger partial charge in [0.1, 0.15) is 11.9 Å². The van der Waals surface area contributed by atoms with E-state index in [1.54, 1.807) is 7.11 Å². The van der Waals surface area contributed by atoms with Gasteiger partial charge < -0.3 is 19.5 Å². The summed E-state index contributed by atoms with van der Waals surface area (Å²) in [5.74, 6) is 1.87. The number of hydrogen-bond donors (Lipinski definition) is 1. The number of hydrogen-bond acceptors (Lipinski definition) is 4. The van der Waals surface area contributed by atoms with E-state index < -0.39 is 6.10 Å². The van der Waals surface area contributed by atoms with Crippen LogP contribution >= 0.6 is 0 Å². The van der Waals surface area contributed by atoms with Crippen LogP contribution in [0.1, 0.15) is 19.3 Å². The molecule has 0 amide bonds. The van der Waals surface area contributed by atoms with Gasteiger partial charge >= 0.3 is 0 Å². The second kappa shape index (κ2) is 4.41. The lowest BCUT2D eigenvalue weighted by Crippen LogP contribution is -2.43. The van der Waals surface area contributed by atoms with Gasteiger partial charge in [-0.05, 0) is 24.3 Å². The molecule has 1 N–H and O–H groups in total. The summed E-state index contributed by atoms with van der Waals surface area (Å²) in [7, 11) is 3.81. The Labute approximate surface area is 125 Å². The van der Waals surface area contributed by atoms with Crippen LogP contribution in [0, 0.1) is 5.41 Å². The van der Waals surface area contributed by atoms with Crippen LogP contribution in [0.3, 0.4) is 0 Å². The molecule has 2 heterocycles. The maximum Gasteiger partial charge on any atom is 0.161 e. The molecule has 4 heteroatoms. The van der Waals surface area contributed by atoms with Crippen LogP contribution in [-0.4, -0.2) is 42.9 Å². The molecule has 0 saturated carbocycles. The summed E-state index contributed by atoms with van der Waals surface area (Å²) < 4.78 is 11.8. The van der Waals surface area contributed by atoms with Crippen LogP contribution in [0.25, 0.3) is 0 Å². The molecule has 4 rings (SSSR count). The fourth-order valence-electron chi connectivity index (χ4n) is 4.12. The predicted molar refractivity (Wildman–Crippen MR) is 79.1 cm³/mol. The van der Waals surface area contributed by atoms with Crippen LogP contribution in [-0.2, 0) is 9.47 Å². The number of allylic oxidation sites excluding steroid dienone is 4. The molecule has 2 aliphatic heterocycles. The van der Waals surface area contributed by atoms with Gasteiger partial charge in [-0.15, -0.1) is 0 Å². The minimum atomic E-state index is -0.419. The number of nitrogens with zero attached hydrogens (tertiary/aromatic N) is 1. The summed E-state index contributed by atoms with van der Waals surface area (Å²) >= 11 is 0. The minimum Gasteiger partial charge on any atom is -0.497 e. The van der Waals surface area contributed by atoms with Gasteiger partial charge in [-0.1, -0.05) is 12.2 Å². The zero-order valence-electron chi connectivity index (χ0n) is 12.5. The van der Waals surface area contributed by atoms with Gasteiger partial charge in [0.25, 0.3) is 0 Å². The molecule has 0 aromatic carbocycles. The van der Waals surface area contributed by atoms with E-state index in [1.807, 2.05) is 6.08 Å². The molecule has 21 heavy (non-hydrogen) atoms. The molecule has 4 nitrogen and oxygen atoms in total. The topological polar surface area (TPSA) is 41.9 Å². The summed E-state index contributed by atoms with van der Waals surface area (Å²) in [6.07, 6.45) is 10.5. The van der Waals surface area contributed by atoms with Crippen molar-refractivity contribution in [2.45, 2.75) is 31.5 Å². The third kappa shape index (κ3) is 1.72. The molecule has 0 radical (unpaired) electrons. The van der Waals surface area contributed by atoms with Gasteiger partial charge in [0.15, 0.2) is 5.76 Å². The summed E-state index contributed by atoms with van der Waals surface area (Å²) in [6, 6.07) is 0. The van der Waals surface area contributed by atoms with Gasteiger partial charge in [-0.2, -0.15) is 0 Å². The molecular weight excluding hydrogens is 266 g/mol. The van der Waals surface area contributed by atoms with Crippen molar-refractivity contribution in [3.63, 3.8) is 0 Å². The third-order valence-corrected chi connectivity index (χ3v) is 5.08. The van der Waals surface area contributed by atoms with Crippen LogP contribution in [0.15, 0.2) is 47.1 Å². The Bertz CT molecular complexity index is 601. The Morgan fingerprint density at radius 1 is 1.43 bits per heavy atom. The maximum atomic E-state index is 9.98. The van der Waals surface area contributed by atoms with Gasteiger partial charge in [0.05, 0.1) is 18.6 Å². The molecule has 0 bridgehead atoms. The highest BCUT2D eigenvalue weighted by Crippen LogP contribution is 2.56. The Balaban J connectivity index is 1.94. The van der Waals surface area contributed by atoms with E-state index in [1.165, 1.54) is 11.1 Å². The van der Waals surface area contributed by atoms with Crippen LogP contribution < -0.4 is 0 Å². The molecule has 2 aliphatic carbocycles. The number of aliphatic hydroxyl groups excluding tert-OH is 1. The first-order valence-electron chi connectivity index (χ1n) is 7.58. The van der Waals surface area contributed by atoms with Crippen molar-refractivity contribution in [1.82, 2.24) is 4.90 Å². The van der Waals surface area contributed by atoms with Crippen LogP contribution in [0.2, 0.25) is 0 Å². The first-order valence-corrected chi connectivity index (χ1v) is 7.58. The summed E-state index contributed by atoms with van der Waals surface area (Å²) in [6.45, 7) is 0.872. The van der Waals surface area contributed by atoms with E-state index in [2.05, 4.69) is 30.3 Å². The maximum absolute atomic E-state index is 9.98. The van der Waals surface area contributed by atoms with E-state index in [0.29, 0.717) is 6.42 Å². The quantitative estimate of drug-likeness (QED) is 0.750. The lowest BCUT2D eigenvalue weighted by Gasteiger charge is -2.37. The fourth-order valence-corrected chi connectivity index (χ4v) is 4.12. The fraction of sp³-hybridized carbons (Fsp3) is 0.529. The molecule has 0 aromatic heterocycles. The first kappa shape index (κ1) is 13.0. The Morgan fingerprint density at radius 3 is 3.10 bits per heavy atom. The van der Waals surface area contributed by atoms with Gasteiger partial charge in [0, 0.05) is 32.0 Å². The number of ether oxygens (including phenoxy) is 2. The van der Waals surface area contributed by atoms with Crippen molar-refractivity contribution in [2.24, 2.45) is 5.41 Å². The summed E-state index contributed by atoms with van der Waals surface area (Å²) in [5.41, 5.74) is 2.46. The van der Waals surface area contributed by atoms with Crippen molar-refractivity contribution >= 4 is 0 Å². The second-order valence-corrected chi connectivity index (χ2v) is 6.40. The lowest BCUT2D eigenvalue weighted by atomic mass is 9.69. The zero-order chi connectivity index (χ0) is 14.6. The highest BCUT2D eigenvalue weighted by atomic mass is 16.5. The number of rotatable bonds is 1. The van der Waals surface area contributed by atoms with Gasteiger partial charge in [0.2, 0.25) is 0 Å². The molecule has 1 saturated heterocycles. The molecular formula is C17H21NO3. The number of aliphatic hydroxyl groups is 1. The van der Waals surface area contributed by atoms with Crippen molar-refractivity contribution in [2.75, 3.05) is 20.7 Å². The van der Waals surface area contributed by atoms with Crippen molar-refractivity contribution in [3.05, 3.63) is 47.1 Å². The predicted octanol–water partition coefficient (Wildman–Crippen LogP) is 2.10. The second-order valence-electron chi connectivity index (χ2n) is 6.40. The molecule has 1 unspecified atom stereocenters. The Hall–Kier alpha value is -1.68. The minimum absolute atomic E-state index is 0.0110. The smallest absolute Gasteiger partial charge is 0.161 e. The molecule has 0 aromatic rings. The Morgan fingerprint density at radius 2 is 2.29 bits per heavy atom. The summed E-state index contributed by atoms with van der Waals surface area (Å²) in [5, 5.41) is 9.98. The molecule has 1 spiro atoms. The van der Waals surface area contributed by atoms with Crippen molar-refractivity contribution in [3.8, 4) is 0 Å². The van der Waals surface area contributed by atoms with E-state index in [0.717, 1.165) is 30.9 Å². The Kier molecular flexibility index (Phi) is 2.73. The summed E-state index contributed by atoms with van der Waals surface area (Å²) in [4.78, 5) is 2.21. The SMILES string of the molecule is COC1=C2O[C@H]3CC(O)C=C[C@]34CN(C)C=CC(=C24)CC1. The normalized spacial score (nSPS) is 37.2. The molecule has 112 valence electrons. The average molecular weight is 287 g/mol. The molecule has 1 fully saturated rings. The largest absolute Gasteiger partial charge is 0.497 e. The van der Waals surface area contributed by atoms with Crippen LogP contribution in [0.4, 0.5) is 0 Å². The van der Waals surface area contributed by atoms with E-state index in [4.69, 9.17) is 9.47 Å². The van der Waals surface area contributed by atoms with E-state index in [-0.39, 0.29) is 11.5 Å². The van der Waals surface area contributed by atoms with Crippen molar-refractivity contribution in [1.29, 1.82) is 0 Å². The molecule has 4 aliphatic rings. The lowest BCUT2D eigenvalue weighted by molar-refractivity contribution is 0.0334. The standard InChI is InChI=1S/C17H21NO3/c1-18-8-6-11-3-4-13(20-2)16-15(11)17(10-18)7-5-12(19)9-14(17)21-16/h5-8,12,14,19H,3-4,9-10H2,1-2H3/t12?,14-,17-/m0/s1. The first-order chi connectivity index (χ1) is 10.1. The number of methoxy groups -OCH3 is 1. The van der Waals surface area contributed by atoms with Gasteiger partial charge in [-0.3, -0.25) is 0 Å². The van der Waals surface area contributed by atoms with Crippen molar-refractivity contribution < 1.29 is 14.6 Å².